The lowest BCUT2D eigenvalue weighted by Crippen LogP contribution is -2.31. The number of carbonyl (C=O) groups is 1. The minimum Gasteiger partial charge on any atom is -0.376 e. The van der Waals surface area contributed by atoms with Crippen LogP contribution in [0.25, 0.3) is 16.9 Å². The molecule has 0 radical (unpaired) electrons. The van der Waals surface area contributed by atoms with Crippen LogP contribution in [0.1, 0.15) is 43.0 Å². The van der Waals surface area contributed by atoms with Crippen molar-refractivity contribution >= 4 is 5.91 Å². The molecule has 2 aromatic heterocycles. The van der Waals surface area contributed by atoms with Crippen molar-refractivity contribution in [3.05, 3.63) is 66.6 Å². The highest BCUT2D eigenvalue weighted by atomic mass is 16.5. The minimum atomic E-state index is -0.156. The molecule has 3 aromatic rings. The van der Waals surface area contributed by atoms with Crippen LogP contribution in [0.15, 0.2) is 61.1 Å². The molecule has 2 atom stereocenters. The second kappa shape index (κ2) is 9.67. The van der Waals surface area contributed by atoms with Crippen LogP contribution in [0.5, 0.6) is 0 Å². The third-order valence-corrected chi connectivity index (χ3v) is 5.67. The summed E-state index contributed by atoms with van der Waals surface area (Å²) < 4.78 is 7.76. The molecular formula is C24H28N4O2. The van der Waals surface area contributed by atoms with Gasteiger partial charge in [0.15, 0.2) is 0 Å². The van der Waals surface area contributed by atoms with Gasteiger partial charge in [0.1, 0.15) is 5.69 Å². The van der Waals surface area contributed by atoms with Crippen LogP contribution in [0.2, 0.25) is 0 Å². The predicted octanol–water partition coefficient (Wildman–Crippen LogP) is 4.26. The number of hydrogen-bond acceptors (Lipinski definition) is 4. The number of para-hydroxylation sites is 1. The average Bonchev–Trinajstić information content (AvgIpc) is 3.25. The highest BCUT2D eigenvalue weighted by Crippen LogP contribution is 2.26. The van der Waals surface area contributed by atoms with Crippen LogP contribution in [0.4, 0.5) is 0 Å². The Hall–Kier alpha value is -2.99. The first kappa shape index (κ1) is 20.3. The van der Waals surface area contributed by atoms with Gasteiger partial charge in [0.05, 0.1) is 24.0 Å². The van der Waals surface area contributed by atoms with Gasteiger partial charge < -0.3 is 10.1 Å². The number of pyridine rings is 1. The lowest BCUT2D eigenvalue weighted by atomic mass is 9.88. The largest absolute Gasteiger partial charge is 0.376 e. The smallest absolute Gasteiger partial charge is 0.255 e. The Kier molecular flexibility index (Phi) is 6.54. The molecule has 1 aromatic carbocycles. The van der Waals surface area contributed by atoms with Crippen molar-refractivity contribution in [2.75, 3.05) is 13.2 Å². The van der Waals surface area contributed by atoms with Gasteiger partial charge in [-0.2, -0.15) is 5.10 Å². The van der Waals surface area contributed by atoms with Crippen molar-refractivity contribution in [3.8, 4) is 16.9 Å². The minimum absolute atomic E-state index is 0.156. The maximum atomic E-state index is 13.0. The van der Waals surface area contributed by atoms with Crippen molar-refractivity contribution in [3.63, 3.8) is 0 Å². The van der Waals surface area contributed by atoms with Crippen LogP contribution < -0.4 is 5.32 Å². The van der Waals surface area contributed by atoms with E-state index in [0.717, 1.165) is 17.7 Å². The number of carbonyl (C=O) groups excluding carboxylic acids is 1. The summed E-state index contributed by atoms with van der Waals surface area (Å²) in [4.78, 5) is 17.1. The molecule has 1 aliphatic carbocycles. The van der Waals surface area contributed by atoms with Crippen LogP contribution >= 0.6 is 0 Å². The summed E-state index contributed by atoms with van der Waals surface area (Å²) in [6.45, 7) is 3.25. The van der Waals surface area contributed by atoms with E-state index >= 15 is 0 Å². The molecule has 6 heteroatoms. The van der Waals surface area contributed by atoms with Gasteiger partial charge >= 0.3 is 0 Å². The number of nitrogens with zero attached hydrogens (tertiary/aromatic N) is 3. The molecule has 4 rings (SSSR count). The lowest BCUT2D eigenvalue weighted by molar-refractivity contribution is -0.00293. The number of amides is 1. The van der Waals surface area contributed by atoms with Gasteiger partial charge in [-0.25, -0.2) is 4.68 Å². The summed E-state index contributed by atoms with van der Waals surface area (Å²) in [6.07, 6.45) is 10.4. The molecule has 1 amide bonds. The zero-order chi connectivity index (χ0) is 20.8. The van der Waals surface area contributed by atoms with Crippen LogP contribution in [0, 0.1) is 5.92 Å². The fraction of sp³-hybridized carbons (Fsp3) is 0.375. The van der Waals surface area contributed by atoms with Crippen molar-refractivity contribution in [2.45, 2.75) is 38.7 Å². The fourth-order valence-corrected chi connectivity index (χ4v) is 3.97. The van der Waals surface area contributed by atoms with Crippen molar-refractivity contribution in [1.29, 1.82) is 0 Å². The van der Waals surface area contributed by atoms with E-state index < -0.39 is 0 Å². The highest BCUT2D eigenvalue weighted by Gasteiger charge is 2.22. The summed E-state index contributed by atoms with van der Waals surface area (Å²) in [6, 6.07) is 13.5. The third kappa shape index (κ3) is 4.76. The maximum absolute atomic E-state index is 13.0. The van der Waals surface area contributed by atoms with E-state index in [9.17, 15) is 4.79 Å². The number of benzene rings is 1. The van der Waals surface area contributed by atoms with Gasteiger partial charge in [0.2, 0.25) is 0 Å². The Labute approximate surface area is 177 Å². The van der Waals surface area contributed by atoms with E-state index in [2.05, 4.69) is 22.3 Å². The molecule has 0 spiro atoms. The first-order valence-corrected chi connectivity index (χ1v) is 10.7. The Bertz CT molecular complexity index is 956. The van der Waals surface area contributed by atoms with Gasteiger partial charge in [-0.05, 0) is 43.0 Å². The van der Waals surface area contributed by atoms with E-state index in [4.69, 9.17) is 4.74 Å². The molecule has 0 bridgehead atoms. The monoisotopic (exact) mass is 404 g/mol. The summed E-state index contributed by atoms with van der Waals surface area (Å²) in [5, 5.41) is 7.66. The van der Waals surface area contributed by atoms with E-state index in [1.54, 1.807) is 23.3 Å². The van der Waals surface area contributed by atoms with Gasteiger partial charge in [0.25, 0.3) is 5.91 Å². The molecule has 0 saturated heterocycles. The average molecular weight is 405 g/mol. The molecular weight excluding hydrogens is 376 g/mol. The molecule has 2 unspecified atom stereocenters. The zero-order valence-corrected chi connectivity index (χ0v) is 17.3. The molecule has 6 nitrogen and oxygen atoms in total. The molecule has 2 heterocycles. The SMILES string of the molecule is CC1CCCCC1OCCNC(=O)c1cn(-c2ccccc2)nc1-c1cccnc1. The second-order valence-corrected chi connectivity index (χ2v) is 7.84. The topological polar surface area (TPSA) is 69.0 Å². The summed E-state index contributed by atoms with van der Waals surface area (Å²) in [5.41, 5.74) is 2.85. The standard InChI is InChI=1S/C24H28N4O2/c1-18-8-5-6-12-22(18)30-15-14-26-24(29)21-17-28(20-10-3-2-4-11-20)27-23(21)19-9-7-13-25-16-19/h2-4,7,9-11,13,16-18,22H,5-6,8,12,14-15H2,1H3,(H,26,29). The first-order chi connectivity index (χ1) is 14.7. The molecule has 1 fully saturated rings. The summed E-state index contributed by atoms with van der Waals surface area (Å²) in [7, 11) is 0. The highest BCUT2D eigenvalue weighted by molar-refractivity contribution is 5.99. The quantitative estimate of drug-likeness (QED) is 0.598. The van der Waals surface area contributed by atoms with E-state index in [-0.39, 0.29) is 5.91 Å². The van der Waals surface area contributed by atoms with Gasteiger partial charge in [-0.3, -0.25) is 9.78 Å². The maximum Gasteiger partial charge on any atom is 0.255 e. The lowest BCUT2D eigenvalue weighted by Gasteiger charge is -2.28. The van der Waals surface area contributed by atoms with Crippen LogP contribution in [-0.2, 0) is 4.74 Å². The molecule has 1 saturated carbocycles. The van der Waals surface area contributed by atoms with E-state index in [0.29, 0.717) is 36.4 Å². The molecule has 30 heavy (non-hydrogen) atoms. The number of ether oxygens (including phenoxy) is 1. The van der Waals surface area contributed by atoms with Crippen LogP contribution in [0.3, 0.4) is 0 Å². The predicted molar refractivity (Wildman–Crippen MR) is 117 cm³/mol. The van der Waals surface area contributed by atoms with Crippen molar-refractivity contribution in [1.82, 2.24) is 20.1 Å². The Morgan fingerprint density at radius 3 is 2.77 bits per heavy atom. The Morgan fingerprint density at radius 2 is 2.00 bits per heavy atom. The van der Waals surface area contributed by atoms with Crippen molar-refractivity contribution < 1.29 is 9.53 Å². The van der Waals surface area contributed by atoms with Crippen molar-refractivity contribution in [2.24, 2.45) is 5.92 Å². The summed E-state index contributed by atoms with van der Waals surface area (Å²) >= 11 is 0. The molecule has 1 N–H and O–H groups in total. The van der Waals surface area contributed by atoms with Gasteiger partial charge in [-0.1, -0.05) is 38.0 Å². The zero-order valence-electron chi connectivity index (χ0n) is 17.3. The van der Waals surface area contributed by atoms with E-state index in [1.165, 1.54) is 19.3 Å². The third-order valence-electron chi connectivity index (χ3n) is 5.67. The normalized spacial score (nSPS) is 18.8. The second-order valence-electron chi connectivity index (χ2n) is 7.84. The van der Waals surface area contributed by atoms with Gasteiger partial charge in [-0.15, -0.1) is 0 Å². The Morgan fingerprint density at radius 1 is 1.17 bits per heavy atom. The molecule has 156 valence electrons. The van der Waals surface area contributed by atoms with Gasteiger partial charge in [0, 0.05) is 30.7 Å². The fourth-order valence-electron chi connectivity index (χ4n) is 3.97. The molecule has 1 aliphatic rings. The first-order valence-electron chi connectivity index (χ1n) is 10.7. The van der Waals surface area contributed by atoms with Crippen LogP contribution in [-0.4, -0.2) is 39.9 Å². The molecule has 0 aliphatic heterocycles. The number of aromatic nitrogens is 3. The number of nitrogens with one attached hydrogen (secondary N) is 1. The summed E-state index contributed by atoms with van der Waals surface area (Å²) in [5.74, 6) is 0.437. The number of rotatable bonds is 7. The Balaban J connectivity index is 1.46. The number of hydrogen-bond donors (Lipinski definition) is 1. The van der Waals surface area contributed by atoms with E-state index in [1.807, 2.05) is 42.5 Å².